The van der Waals surface area contributed by atoms with Crippen molar-refractivity contribution in [2.24, 2.45) is 5.92 Å². The zero-order valence-electron chi connectivity index (χ0n) is 19.4. The highest BCUT2D eigenvalue weighted by molar-refractivity contribution is 8.03. The maximum absolute atomic E-state index is 13.4. The second-order valence-electron chi connectivity index (χ2n) is 7.53. The summed E-state index contributed by atoms with van der Waals surface area (Å²) >= 11 is 19.3. The van der Waals surface area contributed by atoms with Crippen LogP contribution in [0, 0.1) is 23.1 Å². The van der Waals surface area contributed by atoms with Crippen LogP contribution in [-0.4, -0.2) is 37.3 Å². The number of nitrogens with one attached hydrogen (secondary N) is 2. The van der Waals surface area contributed by atoms with E-state index in [4.69, 9.17) is 44.3 Å². The summed E-state index contributed by atoms with van der Waals surface area (Å²) in [5.41, 5.74) is 0.583. The molecule has 0 spiro atoms. The molecule has 3 rings (SSSR count). The molecule has 8 nitrogen and oxygen atoms in total. The van der Waals surface area contributed by atoms with Crippen LogP contribution >= 0.6 is 46.6 Å². The highest BCUT2D eigenvalue weighted by Gasteiger charge is 2.44. The molecule has 2 aromatic rings. The lowest BCUT2D eigenvalue weighted by Gasteiger charge is -2.31. The first-order valence-electron chi connectivity index (χ1n) is 10.6. The van der Waals surface area contributed by atoms with Gasteiger partial charge in [-0.25, -0.2) is 4.39 Å². The van der Waals surface area contributed by atoms with Gasteiger partial charge < -0.3 is 20.1 Å². The molecule has 0 unspecified atom stereocenters. The fourth-order valence-corrected chi connectivity index (χ4v) is 5.27. The van der Waals surface area contributed by atoms with Crippen LogP contribution in [0.2, 0.25) is 15.1 Å². The summed E-state index contributed by atoms with van der Waals surface area (Å²) < 4.78 is 23.6. The molecule has 2 N–H and O–H groups in total. The SMILES string of the molecule is CCOc1c(Cl)cc([C@H]2C(C#N)=C(SCC(=O)Nc3ccc(F)c(Cl)c3)NC(=O)[C@@H]2C(=O)OC)cc1Cl. The molecule has 1 aliphatic rings. The Kier molecular flexibility index (Phi) is 9.68. The first-order valence-corrected chi connectivity index (χ1v) is 12.8. The number of esters is 1. The van der Waals surface area contributed by atoms with Gasteiger partial charge in [-0.2, -0.15) is 5.26 Å². The molecular formula is C24H19Cl3FN3O5S. The molecule has 1 aliphatic heterocycles. The molecule has 13 heteroatoms. The van der Waals surface area contributed by atoms with E-state index in [2.05, 4.69) is 10.6 Å². The minimum Gasteiger partial charge on any atom is -0.491 e. The molecule has 37 heavy (non-hydrogen) atoms. The molecule has 0 bridgehead atoms. The van der Waals surface area contributed by atoms with Gasteiger partial charge in [-0.1, -0.05) is 46.6 Å². The summed E-state index contributed by atoms with van der Waals surface area (Å²) in [7, 11) is 1.12. The van der Waals surface area contributed by atoms with Crippen LogP contribution < -0.4 is 15.4 Å². The smallest absolute Gasteiger partial charge is 0.319 e. The Morgan fingerprint density at radius 3 is 2.43 bits per heavy atom. The third-order valence-corrected chi connectivity index (χ3v) is 7.07. The summed E-state index contributed by atoms with van der Waals surface area (Å²) in [6, 6.07) is 8.64. The average molecular weight is 587 g/mol. The van der Waals surface area contributed by atoms with Crippen LogP contribution in [0.25, 0.3) is 0 Å². The summed E-state index contributed by atoms with van der Waals surface area (Å²) in [5, 5.41) is 15.3. The van der Waals surface area contributed by atoms with Crippen molar-refractivity contribution in [2.45, 2.75) is 12.8 Å². The molecular weight excluding hydrogens is 568 g/mol. The maximum Gasteiger partial charge on any atom is 0.319 e. The zero-order chi connectivity index (χ0) is 27.3. The summed E-state index contributed by atoms with van der Waals surface area (Å²) in [6.07, 6.45) is 0. The predicted molar refractivity (Wildman–Crippen MR) is 139 cm³/mol. The number of allylic oxidation sites excluding steroid dienone is 1. The number of hydrogen-bond donors (Lipinski definition) is 2. The van der Waals surface area contributed by atoms with Crippen LogP contribution in [0.5, 0.6) is 5.75 Å². The van der Waals surface area contributed by atoms with E-state index in [0.29, 0.717) is 12.2 Å². The topological polar surface area (TPSA) is 118 Å². The van der Waals surface area contributed by atoms with Crippen molar-refractivity contribution in [3.63, 3.8) is 0 Å². The average Bonchev–Trinajstić information content (AvgIpc) is 2.86. The van der Waals surface area contributed by atoms with Gasteiger partial charge in [0, 0.05) is 11.6 Å². The molecule has 0 fully saturated rings. The number of benzene rings is 2. The minimum absolute atomic E-state index is 0.00826. The quantitative estimate of drug-likeness (QED) is 0.319. The Hall–Kier alpha value is -2.97. The van der Waals surface area contributed by atoms with Gasteiger partial charge in [0.15, 0.2) is 5.75 Å². The standard InChI is InChI=1S/C24H19Cl3FN3O5S/c1-3-36-21-15(26)6-11(7-16(21)27)19-13(9-29)23(31-22(33)20(19)24(34)35-2)37-10-18(32)30-12-4-5-17(28)14(25)8-12/h4-8,19-20H,3,10H2,1-2H3,(H,30,32)(H,31,33)/t19-,20+/m0/s1. The summed E-state index contributed by atoms with van der Waals surface area (Å²) in [6.45, 7) is 2.05. The largest absolute Gasteiger partial charge is 0.491 e. The number of carbonyl (C=O) groups excluding carboxylic acids is 3. The van der Waals surface area contributed by atoms with Gasteiger partial charge in [0.1, 0.15) is 11.7 Å². The maximum atomic E-state index is 13.4. The van der Waals surface area contributed by atoms with Crippen LogP contribution in [0.4, 0.5) is 10.1 Å². The summed E-state index contributed by atoms with van der Waals surface area (Å²) in [4.78, 5) is 38.0. The fourth-order valence-electron chi connectivity index (χ4n) is 3.63. The van der Waals surface area contributed by atoms with E-state index in [0.717, 1.165) is 24.9 Å². The highest BCUT2D eigenvalue weighted by atomic mass is 35.5. The number of amides is 2. The van der Waals surface area contributed by atoms with Gasteiger partial charge >= 0.3 is 5.97 Å². The predicted octanol–water partition coefficient (Wildman–Crippen LogP) is 5.29. The van der Waals surface area contributed by atoms with Crippen molar-refractivity contribution in [1.82, 2.24) is 5.32 Å². The Labute approximate surface area is 231 Å². The molecule has 0 saturated heterocycles. The molecule has 2 atom stereocenters. The zero-order valence-corrected chi connectivity index (χ0v) is 22.4. The molecule has 2 amide bonds. The van der Waals surface area contributed by atoms with E-state index in [-0.39, 0.29) is 42.9 Å². The van der Waals surface area contributed by atoms with Crippen LogP contribution in [0.1, 0.15) is 18.4 Å². The van der Waals surface area contributed by atoms with Crippen LogP contribution in [0.3, 0.4) is 0 Å². The van der Waals surface area contributed by atoms with Gasteiger partial charge in [0.05, 0.1) is 51.2 Å². The van der Waals surface area contributed by atoms with Crippen molar-refractivity contribution in [3.05, 3.63) is 67.4 Å². The lowest BCUT2D eigenvalue weighted by atomic mass is 9.78. The molecule has 0 aromatic heterocycles. The number of nitriles is 1. The van der Waals surface area contributed by atoms with E-state index in [1.165, 1.54) is 24.3 Å². The van der Waals surface area contributed by atoms with Gasteiger partial charge in [0.25, 0.3) is 0 Å². The number of carbonyl (C=O) groups is 3. The first kappa shape index (κ1) is 28.6. The van der Waals surface area contributed by atoms with E-state index in [1.54, 1.807) is 6.92 Å². The first-order chi connectivity index (χ1) is 17.6. The Balaban J connectivity index is 1.96. The number of rotatable bonds is 8. The third-order valence-electron chi connectivity index (χ3n) is 5.20. The highest BCUT2D eigenvalue weighted by Crippen LogP contribution is 2.44. The van der Waals surface area contributed by atoms with E-state index in [9.17, 15) is 24.0 Å². The van der Waals surface area contributed by atoms with Crippen LogP contribution in [0.15, 0.2) is 40.9 Å². The van der Waals surface area contributed by atoms with Crippen molar-refractivity contribution in [3.8, 4) is 11.8 Å². The Morgan fingerprint density at radius 1 is 1.19 bits per heavy atom. The molecule has 0 aliphatic carbocycles. The van der Waals surface area contributed by atoms with Crippen LogP contribution in [-0.2, 0) is 19.1 Å². The Morgan fingerprint density at radius 2 is 1.86 bits per heavy atom. The molecule has 0 saturated carbocycles. The number of hydrogen-bond acceptors (Lipinski definition) is 7. The molecule has 194 valence electrons. The monoisotopic (exact) mass is 585 g/mol. The van der Waals surface area contributed by atoms with E-state index >= 15 is 0 Å². The van der Waals surface area contributed by atoms with Crippen molar-refractivity contribution in [2.75, 3.05) is 24.8 Å². The lowest BCUT2D eigenvalue weighted by molar-refractivity contribution is -0.150. The number of nitrogens with zero attached hydrogens (tertiary/aromatic N) is 1. The van der Waals surface area contributed by atoms with Gasteiger partial charge in [0.2, 0.25) is 11.8 Å². The number of thioether (sulfide) groups is 1. The Bertz CT molecular complexity index is 1310. The summed E-state index contributed by atoms with van der Waals surface area (Å²) in [5.74, 6) is -5.26. The minimum atomic E-state index is -1.41. The molecule has 1 heterocycles. The van der Waals surface area contributed by atoms with Crippen molar-refractivity contribution >= 4 is 70.0 Å². The fraction of sp³-hybridized carbons (Fsp3) is 0.250. The van der Waals surface area contributed by atoms with Gasteiger partial charge in [-0.3, -0.25) is 14.4 Å². The number of halogens is 4. The van der Waals surface area contributed by atoms with Gasteiger partial charge in [-0.15, -0.1) is 0 Å². The second kappa shape index (κ2) is 12.5. The second-order valence-corrected chi connectivity index (χ2v) is 9.74. The number of anilines is 1. The number of ether oxygens (including phenoxy) is 2. The molecule has 2 aromatic carbocycles. The van der Waals surface area contributed by atoms with Crippen molar-refractivity contribution in [1.29, 1.82) is 5.26 Å². The van der Waals surface area contributed by atoms with Gasteiger partial charge in [-0.05, 0) is 42.8 Å². The lowest BCUT2D eigenvalue weighted by Crippen LogP contribution is -2.44. The normalized spacial score (nSPS) is 17.1. The number of methoxy groups -OCH3 is 1. The van der Waals surface area contributed by atoms with E-state index < -0.39 is 35.4 Å². The van der Waals surface area contributed by atoms with E-state index in [1.807, 2.05) is 6.07 Å². The third kappa shape index (κ3) is 6.48. The van der Waals surface area contributed by atoms with Crippen molar-refractivity contribution < 1.29 is 28.2 Å². The molecule has 0 radical (unpaired) electrons.